The second-order valence-electron chi connectivity index (χ2n) is 7.19. The van der Waals surface area contributed by atoms with E-state index in [1.54, 1.807) is 6.92 Å². The predicted octanol–water partition coefficient (Wildman–Crippen LogP) is 4.74. The van der Waals surface area contributed by atoms with Crippen molar-refractivity contribution < 1.29 is 26.7 Å². The molecular weight excluding hydrogens is 456 g/mol. The number of aromatic amines is 1. The fourth-order valence-corrected chi connectivity index (χ4v) is 3.59. The Labute approximate surface area is 189 Å². The zero-order chi connectivity index (χ0) is 24.8. The number of alkyl halides is 3. The Morgan fingerprint density at radius 2 is 1.97 bits per heavy atom. The first-order valence-corrected chi connectivity index (χ1v) is 9.74. The Kier molecular flexibility index (Phi) is 5.53. The number of rotatable bonds is 4. The second kappa shape index (κ2) is 8.22. The molecule has 4 rings (SSSR count). The van der Waals surface area contributed by atoms with Crippen LogP contribution in [0.5, 0.6) is 0 Å². The number of aryl methyl sites for hydroxylation is 2. The Hall–Kier alpha value is -4.33. The van der Waals surface area contributed by atoms with Crippen molar-refractivity contribution in [2.75, 3.05) is 7.11 Å². The van der Waals surface area contributed by atoms with Crippen LogP contribution in [0.3, 0.4) is 0 Å². The molecule has 0 aliphatic heterocycles. The summed E-state index contributed by atoms with van der Waals surface area (Å²) >= 11 is 0. The molecule has 7 nitrogen and oxygen atoms in total. The summed E-state index contributed by atoms with van der Waals surface area (Å²) in [5, 5.41) is 3.49. The van der Waals surface area contributed by atoms with Crippen molar-refractivity contribution in [2.45, 2.75) is 20.0 Å². The molecule has 0 unspecified atom stereocenters. The number of ether oxygens (including phenoxy) is 1. The van der Waals surface area contributed by atoms with E-state index >= 15 is 0 Å². The summed E-state index contributed by atoms with van der Waals surface area (Å²) in [6, 6.07) is 4.92. The maximum absolute atomic E-state index is 14.5. The zero-order valence-electron chi connectivity index (χ0n) is 18.0. The minimum Gasteiger partial charge on any atom is -0.494 e. The number of H-pyrrole nitrogens is 1. The van der Waals surface area contributed by atoms with Crippen LogP contribution in [0.25, 0.3) is 34.0 Å². The zero-order valence-corrected chi connectivity index (χ0v) is 18.0. The highest BCUT2D eigenvalue weighted by Gasteiger charge is 2.40. The van der Waals surface area contributed by atoms with E-state index in [1.165, 1.54) is 38.3 Å². The Bertz CT molecular complexity index is 1550. The fourth-order valence-electron chi connectivity index (χ4n) is 3.59. The molecule has 34 heavy (non-hydrogen) atoms. The average molecular weight is 472 g/mol. The smallest absolute Gasteiger partial charge is 0.435 e. The first kappa shape index (κ1) is 22.8. The molecule has 174 valence electrons. The van der Waals surface area contributed by atoms with E-state index in [4.69, 9.17) is 15.6 Å². The number of hydrogen-bond donors (Lipinski definition) is 1. The lowest BCUT2D eigenvalue weighted by Crippen LogP contribution is -2.20. The summed E-state index contributed by atoms with van der Waals surface area (Å²) in [6.45, 7) is 3.01. The van der Waals surface area contributed by atoms with Crippen LogP contribution < -0.4 is 5.56 Å². The maximum Gasteiger partial charge on any atom is 0.435 e. The van der Waals surface area contributed by atoms with Crippen LogP contribution in [0.15, 0.2) is 39.6 Å². The molecule has 1 aromatic carbocycles. The van der Waals surface area contributed by atoms with Crippen LogP contribution in [0.2, 0.25) is 0 Å². The molecule has 3 aromatic heterocycles. The van der Waals surface area contributed by atoms with Crippen molar-refractivity contribution in [1.29, 1.82) is 0 Å². The minimum absolute atomic E-state index is 0.136. The number of nitrogens with zero attached hydrogens (tertiary/aromatic N) is 3. The van der Waals surface area contributed by atoms with E-state index in [0.29, 0.717) is 4.52 Å². The molecule has 0 bridgehead atoms. The summed E-state index contributed by atoms with van der Waals surface area (Å²) in [5.41, 5.74) is -3.41. The first-order valence-electron chi connectivity index (χ1n) is 9.74. The molecule has 0 saturated heterocycles. The van der Waals surface area contributed by atoms with Crippen molar-refractivity contribution in [3.63, 3.8) is 0 Å². The van der Waals surface area contributed by atoms with Gasteiger partial charge in [0.05, 0.1) is 12.7 Å². The van der Waals surface area contributed by atoms with Crippen LogP contribution >= 0.6 is 0 Å². The monoisotopic (exact) mass is 472 g/mol. The molecule has 0 aliphatic carbocycles. The van der Waals surface area contributed by atoms with Crippen LogP contribution in [-0.2, 0) is 10.9 Å². The number of terminal acetylenes is 1. The number of halogens is 4. The molecule has 0 fully saturated rings. The van der Waals surface area contributed by atoms with Gasteiger partial charge in [0, 0.05) is 17.3 Å². The van der Waals surface area contributed by atoms with Crippen LogP contribution in [-0.4, -0.2) is 26.7 Å². The van der Waals surface area contributed by atoms with Crippen LogP contribution in [0.1, 0.15) is 22.8 Å². The summed E-state index contributed by atoms with van der Waals surface area (Å²) < 4.78 is 67.3. The maximum atomic E-state index is 14.5. The van der Waals surface area contributed by atoms with Gasteiger partial charge in [-0.2, -0.15) is 22.8 Å². The Morgan fingerprint density at radius 3 is 2.59 bits per heavy atom. The van der Waals surface area contributed by atoms with Crippen LogP contribution in [0, 0.1) is 32.0 Å². The van der Waals surface area contributed by atoms with Crippen molar-refractivity contribution in [2.24, 2.45) is 0 Å². The van der Waals surface area contributed by atoms with Gasteiger partial charge in [0.15, 0.2) is 11.5 Å². The lowest BCUT2D eigenvalue weighted by Gasteiger charge is -2.08. The van der Waals surface area contributed by atoms with E-state index in [2.05, 4.69) is 21.0 Å². The largest absolute Gasteiger partial charge is 0.494 e. The van der Waals surface area contributed by atoms with Gasteiger partial charge in [0.25, 0.3) is 5.56 Å². The molecule has 0 amide bonds. The molecule has 0 aliphatic rings. The molecule has 0 radical (unpaired) electrons. The number of nitrogens with one attached hydrogen (secondary N) is 1. The average Bonchev–Trinajstić information content (AvgIpc) is 3.33. The van der Waals surface area contributed by atoms with E-state index in [0.717, 1.165) is 6.07 Å². The summed E-state index contributed by atoms with van der Waals surface area (Å²) in [7, 11) is 1.37. The number of fused-ring (bicyclic) bond motifs is 1. The molecule has 0 atom stereocenters. The highest BCUT2D eigenvalue weighted by Crippen LogP contribution is 2.39. The van der Waals surface area contributed by atoms with Crippen molar-refractivity contribution in [1.82, 2.24) is 19.6 Å². The molecule has 11 heteroatoms. The SMILES string of the molecule is C#C/C=C(/OC)c1nc(-c2c(C)[nH]c3c(-c4ccccc4F)c(C(F)(F)F)nn3c2=O)oc1C. The Morgan fingerprint density at radius 1 is 1.26 bits per heavy atom. The van der Waals surface area contributed by atoms with Gasteiger partial charge in [0.2, 0.25) is 5.89 Å². The third kappa shape index (κ3) is 3.63. The van der Waals surface area contributed by atoms with Gasteiger partial charge in [0.1, 0.15) is 28.5 Å². The van der Waals surface area contributed by atoms with Crippen LogP contribution in [0.4, 0.5) is 17.6 Å². The van der Waals surface area contributed by atoms with E-state index in [-0.39, 0.29) is 45.6 Å². The van der Waals surface area contributed by atoms with Crippen molar-refractivity contribution in [3.8, 4) is 34.9 Å². The predicted molar refractivity (Wildman–Crippen MR) is 115 cm³/mol. The molecule has 4 aromatic rings. The first-order chi connectivity index (χ1) is 16.1. The van der Waals surface area contributed by atoms with E-state index < -0.39 is 28.8 Å². The van der Waals surface area contributed by atoms with Gasteiger partial charge in [-0.05, 0) is 19.9 Å². The lowest BCUT2D eigenvalue weighted by molar-refractivity contribution is -0.140. The van der Waals surface area contributed by atoms with Crippen molar-refractivity contribution >= 4 is 11.4 Å². The number of benzene rings is 1. The van der Waals surface area contributed by atoms with Gasteiger partial charge in [-0.1, -0.05) is 24.1 Å². The second-order valence-corrected chi connectivity index (χ2v) is 7.19. The summed E-state index contributed by atoms with van der Waals surface area (Å²) in [5.74, 6) is 1.69. The van der Waals surface area contributed by atoms with Crippen molar-refractivity contribution in [3.05, 3.63) is 69.4 Å². The fraction of sp³-hybridized carbons (Fsp3) is 0.174. The Balaban J connectivity index is 2.03. The standard InChI is InChI=1S/C23H16F4N4O3/c1-5-8-15(33-4)18-12(3)34-21(29-18)16-11(2)28-20-17(13-9-6-7-10-14(13)24)19(23(25,26)27)30-31(20)22(16)32/h1,6-10,28H,2-4H3/b15-8+. The van der Waals surface area contributed by atoms with Gasteiger partial charge >= 0.3 is 6.18 Å². The molecular formula is C23H16F4N4O3. The van der Waals surface area contributed by atoms with Gasteiger partial charge in [-0.15, -0.1) is 6.42 Å². The lowest BCUT2D eigenvalue weighted by atomic mass is 10.0. The van der Waals surface area contributed by atoms with Gasteiger partial charge in [-0.25, -0.2) is 9.37 Å². The highest BCUT2D eigenvalue weighted by atomic mass is 19.4. The van der Waals surface area contributed by atoms with Gasteiger partial charge < -0.3 is 14.1 Å². The molecule has 0 spiro atoms. The molecule has 0 saturated carbocycles. The van der Waals surface area contributed by atoms with E-state index in [1.807, 2.05) is 0 Å². The number of hydrogen-bond acceptors (Lipinski definition) is 5. The molecule has 3 heterocycles. The highest BCUT2D eigenvalue weighted by molar-refractivity contribution is 5.81. The normalized spacial score (nSPS) is 12.2. The third-order valence-corrected chi connectivity index (χ3v) is 5.06. The van der Waals surface area contributed by atoms with Gasteiger partial charge in [-0.3, -0.25) is 4.79 Å². The summed E-state index contributed by atoms with van der Waals surface area (Å²) in [4.78, 5) is 20.3. The number of allylic oxidation sites excluding steroid dienone is 1. The molecule has 1 N–H and O–H groups in total. The summed E-state index contributed by atoms with van der Waals surface area (Å²) in [6.07, 6.45) is 1.62. The topological polar surface area (TPSA) is 85.4 Å². The third-order valence-electron chi connectivity index (χ3n) is 5.06. The number of methoxy groups -OCH3 is 1. The number of oxazole rings is 1. The quantitative estimate of drug-likeness (QED) is 0.264. The minimum atomic E-state index is -4.96. The van der Waals surface area contributed by atoms with E-state index in [9.17, 15) is 22.4 Å². The number of aromatic nitrogens is 4.